The van der Waals surface area contributed by atoms with Crippen molar-refractivity contribution >= 4 is 24.0 Å². The number of nitrogens with one attached hydrogen (secondary N) is 2. The van der Waals surface area contributed by atoms with Crippen molar-refractivity contribution in [2.45, 2.75) is 6.92 Å². The molecule has 0 aliphatic rings. The second-order valence-electron chi connectivity index (χ2n) is 3.92. The topological polar surface area (TPSA) is 50.4 Å². The molecule has 0 bridgehead atoms. The van der Waals surface area contributed by atoms with E-state index < -0.39 is 17.4 Å². The van der Waals surface area contributed by atoms with Gasteiger partial charge in [-0.2, -0.15) is 0 Å². The summed E-state index contributed by atoms with van der Waals surface area (Å²) in [6.45, 7) is 2.19. The highest BCUT2D eigenvalue weighted by Gasteiger charge is 2.15. The van der Waals surface area contributed by atoms with Crippen LogP contribution in [0.1, 0.15) is 6.92 Å². The summed E-state index contributed by atoms with van der Waals surface area (Å²) in [6.07, 6.45) is 0. The van der Waals surface area contributed by atoms with Crippen molar-refractivity contribution in [2.75, 3.05) is 26.0 Å². The van der Waals surface area contributed by atoms with E-state index in [0.717, 1.165) is 12.1 Å². The fourth-order valence-electron chi connectivity index (χ4n) is 1.49. The second-order valence-corrected chi connectivity index (χ2v) is 3.92. The normalized spacial score (nSPS) is 11.4. The Hall–Kier alpha value is -1.40. The lowest BCUT2D eigenvalue weighted by Crippen LogP contribution is -2.28. The lowest BCUT2D eigenvalue weighted by atomic mass is 10.1. The summed E-state index contributed by atoms with van der Waals surface area (Å²) in [5, 5.41) is 5.29. The Kier molecular flexibility index (Phi) is 7.33. The van der Waals surface area contributed by atoms with Crippen LogP contribution in [0.15, 0.2) is 12.1 Å². The van der Waals surface area contributed by atoms with Gasteiger partial charge in [0.1, 0.15) is 0 Å². The second kappa shape index (κ2) is 7.91. The van der Waals surface area contributed by atoms with Gasteiger partial charge in [0.05, 0.1) is 7.11 Å². The third-order valence-electron chi connectivity index (χ3n) is 2.43. The van der Waals surface area contributed by atoms with E-state index in [1.165, 1.54) is 7.11 Å². The van der Waals surface area contributed by atoms with Crippen molar-refractivity contribution in [3.05, 3.63) is 23.8 Å². The number of amides is 1. The van der Waals surface area contributed by atoms with Crippen molar-refractivity contribution in [1.29, 1.82) is 0 Å². The highest BCUT2D eigenvalue weighted by Crippen LogP contribution is 2.25. The Labute approximate surface area is 116 Å². The van der Waals surface area contributed by atoms with Gasteiger partial charge < -0.3 is 15.4 Å². The molecular weight excluding hydrogens is 278 g/mol. The highest BCUT2D eigenvalue weighted by molar-refractivity contribution is 5.92. The molecule has 1 atom stereocenters. The summed E-state index contributed by atoms with van der Waals surface area (Å²) in [5.41, 5.74) is 0.0683. The molecule has 1 rings (SSSR count). The molecule has 1 aromatic carbocycles. The van der Waals surface area contributed by atoms with Gasteiger partial charge in [0.2, 0.25) is 5.91 Å². The molecule has 0 spiro atoms. The molecule has 1 amide bonds. The van der Waals surface area contributed by atoms with Gasteiger partial charge in [-0.1, -0.05) is 6.92 Å². The van der Waals surface area contributed by atoms with Crippen LogP contribution in [-0.2, 0) is 4.79 Å². The molecule has 0 saturated heterocycles. The number of carbonyl (C=O) groups is 1. The maximum Gasteiger partial charge on any atom is 0.228 e. The molecule has 19 heavy (non-hydrogen) atoms. The van der Waals surface area contributed by atoms with Crippen LogP contribution >= 0.6 is 12.4 Å². The molecule has 1 unspecified atom stereocenters. The molecule has 0 saturated carbocycles. The van der Waals surface area contributed by atoms with Crippen LogP contribution in [0.4, 0.5) is 14.5 Å². The minimum atomic E-state index is -0.853. The van der Waals surface area contributed by atoms with E-state index in [4.69, 9.17) is 0 Å². The number of carbonyl (C=O) groups excluding carboxylic acids is 1. The molecular formula is C12H17ClF2N2O2. The van der Waals surface area contributed by atoms with Crippen molar-refractivity contribution in [3.8, 4) is 5.75 Å². The van der Waals surface area contributed by atoms with Crippen LogP contribution in [0.5, 0.6) is 5.75 Å². The molecule has 0 aliphatic heterocycles. The number of ether oxygens (including phenoxy) is 1. The summed E-state index contributed by atoms with van der Waals surface area (Å²) in [7, 11) is 2.89. The molecule has 108 valence electrons. The van der Waals surface area contributed by atoms with Gasteiger partial charge in [-0.15, -0.1) is 12.4 Å². The number of benzene rings is 1. The number of halogens is 3. The Balaban J connectivity index is 0.00000324. The Bertz CT molecular complexity index is 421. The van der Waals surface area contributed by atoms with E-state index in [2.05, 4.69) is 15.4 Å². The third-order valence-corrected chi connectivity index (χ3v) is 2.43. The summed E-state index contributed by atoms with van der Waals surface area (Å²) in [6, 6.07) is 2.04. The number of hydrogen-bond acceptors (Lipinski definition) is 3. The van der Waals surface area contributed by atoms with E-state index in [9.17, 15) is 13.6 Å². The van der Waals surface area contributed by atoms with E-state index in [1.54, 1.807) is 14.0 Å². The van der Waals surface area contributed by atoms with Crippen LogP contribution in [0, 0.1) is 17.6 Å². The number of methoxy groups -OCH3 is 1. The molecule has 0 radical (unpaired) electrons. The maximum absolute atomic E-state index is 13.4. The minimum Gasteiger partial charge on any atom is -0.491 e. The standard InChI is InChI=1S/C12H16F2N2O2.ClH/c1-7(6-15-2)12(17)16-8-4-9(13)11(18-3)10(14)5-8;/h4-5,7,15H,6H2,1-3H3,(H,16,17);1H. The SMILES string of the molecule is CNCC(C)C(=O)Nc1cc(F)c(OC)c(F)c1.Cl. The van der Waals surface area contributed by atoms with Crippen molar-refractivity contribution in [3.63, 3.8) is 0 Å². The van der Waals surface area contributed by atoms with Gasteiger partial charge >= 0.3 is 0 Å². The number of anilines is 1. The van der Waals surface area contributed by atoms with E-state index in [-0.39, 0.29) is 29.9 Å². The molecule has 7 heteroatoms. The molecule has 2 N–H and O–H groups in total. The predicted octanol–water partition coefficient (Wildman–Crippen LogP) is 2.19. The predicted molar refractivity (Wildman–Crippen MR) is 71.9 cm³/mol. The zero-order valence-electron chi connectivity index (χ0n) is 10.9. The third kappa shape index (κ3) is 4.65. The fourth-order valence-corrected chi connectivity index (χ4v) is 1.49. The monoisotopic (exact) mass is 294 g/mol. The summed E-state index contributed by atoms with van der Waals surface area (Å²) >= 11 is 0. The summed E-state index contributed by atoms with van der Waals surface area (Å²) in [4.78, 5) is 11.7. The highest BCUT2D eigenvalue weighted by atomic mass is 35.5. The van der Waals surface area contributed by atoms with Crippen molar-refractivity contribution < 1.29 is 18.3 Å². The average Bonchev–Trinajstić information content (AvgIpc) is 2.28. The fraction of sp³-hybridized carbons (Fsp3) is 0.417. The first kappa shape index (κ1) is 17.6. The van der Waals surface area contributed by atoms with Gasteiger partial charge in [0.25, 0.3) is 0 Å². The molecule has 0 aromatic heterocycles. The van der Waals surface area contributed by atoms with Crippen LogP contribution in [0.2, 0.25) is 0 Å². The van der Waals surface area contributed by atoms with Gasteiger partial charge in [-0.3, -0.25) is 4.79 Å². The quantitative estimate of drug-likeness (QED) is 0.875. The van der Waals surface area contributed by atoms with E-state index in [1.807, 2.05) is 0 Å². The molecule has 0 aliphatic carbocycles. The van der Waals surface area contributed by atoms with Crippen LogP contribution < -0.4 is 15.4 Å². The number of hydrogen-bond donors (Lipinski definition) is 2. The zero-order chi connectivity index (χ0) is 13.7. The van der Waals surface area contributed by atoms with Crippen molar-refractivity contribution in [2.24, 2.45) is 5.92 Å². The van der Waals surface area contributed by atoms with Gasteiger partial charge in [0, 0.05) is 30.3 Å². The first-order valence-electron chi connectivity index (χ1n) is 5.48. The smallest absolute Gasteiger partial charge is 0.228 e. The zero-order valence-corrected chi connectivity index (χ0v) is 11.7. The number of rotatable bonds is 5. The lowest BCUT2D eigenvalue weighted by Gasteiger charge is -2.12. The molecule has 4 nitrogen and oxygen atoms in total. The Morgan fingerprint density at radius 1 is 1.37 bits per heavy atom. The molecule has 0 fully saturated rings. The largest absolute Gasteiger partial charge is 0.491 e. The van der Waals surface area contributed by atoms with Crippen LogP contribution in [-0.4, -0.2) is 26.6 Å². The van der Waals surface area contributed by atoms with Gasteiger partial charge in [-0.25, -0.2) is 8.78 Å². The maximum atomic E-state index is 13.4. The Morgan fingerprint density at radius 2 is 1.89 bits per heavy atom. The van der Waals surface area contributed by atoms with Gasteiger partial charge in [-0.05, 0) is 7.05 Å². The van der Waals surface area contributed by atoms with E-state index in [0.29, 0.717) is 6.54 Å². The summed E-state index contributed by atoms with van der Waals surface area (Å²) < 4.78 is 31.3. The first-order chi connectivity index (χ1) is 8.49. The van der Waals surface area contributed by atoms with Crippen molar-refractivity contribution in [1.82, 2.24) is 5.32 Å². The molecule has 0 heterocycles. The minimum absolute atomic E-state index is 0. The van der Waals surface area contributed by atoms with Crippen LogP contribution in [0.25, 0.3) is 0 Å². The van der Waals surface area contributed by atoms with Crippen LogP contribution in [0.3, 0.4) is 0 Å². The molecule has 1 aromatic rings. The van der Waals surface area contributed by atoms with Gasteiger partial charge in [0.15, 0.2) is 17.4 Å². The Morgan fingerprint density at radius 3 is 2.32 bits per heavy atom. The average molecular weight is 295 g/mol. The lowest BCUT2D eigenvalue weighted by molar-refractivity contribution is -0.119. The van der Waals surface area contributed by atoms with E-state index >= 15 is 0 Å². The summed E-state index contributed by atoms with van der Waals surface area (Å²) in [5.74, 6) is -2.78. The first-order valence-corrected chi connectivity index (χ1v) is 5.48.